The summed E-state index contributed by atoms with van der Waals surface area (Å²) in [5.74, 6) is -5.29. The number of allylic oxidation sites excluding steroid dienone is 5. The molecule has 0 spiro atoms. The summed E-state index contributed by atoms with van der Waals surface area (Å²) in [6.45, 7) is 2.57. The van der Waals surface area contributed by atoms with Gasteiger partial charge in [-0.05, 0) is 63.9 Å². The van der Waals surface area contributed by atoms with E-state index >= 15 is 0 Å². The van der Waals surface area contributed by atoms with Gasteiger partial charge in [0.05, 0.1) is 30.8 Å². The van der Waals surface area contributed by atoms with E-state index in [1.807, 2.05) is 6.92 Å². The van der Waals surface area contributed by atoms with Crippen LogP contribution in [0.25, 0.3) is 0 Å². The molecule has 0 aromatic rings. The Balaban J connectivity index is 2.34. The minimum Gasteiger partial charge on any atom is -0.462 e. The smallest absolute Gasteiger partial charge is 0.462 e. The predicted octanol–water partition coefficient (Wildman–Crippen LogP) is 6.12. The number of carbonyl (C=O) groups is 3. The van der Waals surface area contributed by atoms with Crippen LogP contribution in [0.2, 0.25) is 0 Å². The number of hydrogen-bond acceptors (Lipinski definition) is 15. The molecule has 0 aromatic heterocycles. The first-order chi connectivity index (χ1) is 30.9. The number of cyclic esters (lactones) is 1. The van der Waals surface area contributed by atoms with Crippen molar-refractivity contribution in [2.45, 2.75) is 191 Å². The van der Waals surface area contributed by atoms with E-state index in [0.717, 1.165) is 63.5 Å². The number of aliphatic hydroxyl groups is 5. The molecule has 8 N–H and O–H groups in total. The van der Waals surface area contributed by atoms with E-state index in [9.17, 15) is 63.7 Å². The zero-order valence-corrected chi connectivity index (χ0v) is 39.8. The van der Waals surface area contributed by atoms with Crippen LogP contribution in [0, 0.1) is 11.8 Å². The monoisotopic (exact) mass is 966 g/mol. The van der Waals surface area contributed by atoms with Crippen molar-refractivity contribution < 1.29 is 86.8 Å². The molecule has 374 valence electrons. The Labute approximate surface area is 384 Å². The molecule has 1 aliphatic carbocycles. The maximum atomic E-state index is 13.7. The first-order valence-corrected chi connectivity index (χ1v) is 26.3. The lowest BCUT2D eigenvalue weighted by molar-refractivity contribution is -0.163. The van der Waals surface area contributed by atoms with Crippen molar-refractivity contribution in [3.8, 4) is 0 Å². The molecule has 20 heteroatoms. The number of rotatable bonds is 23. The predicted molar refractivity (Wildman–Crippen MR) is 241 cm³/mol. The number of esters is 2. The Morgan fingerprint density at radius 1 is 0.892 bits per heavy atom. The topological polar surface area (TPSA) is 293 Å². The summed E-state index contributed by atoms with van der Waals surface area (Å²) in [6.07, 6.45) is 9.10. The summed E-state index contributed by atoms with van der Waals surface area (Å²) in [5.41, 5.74) is 0. The minimum atomic E-state index is -5.75. The fourth-order valence-corrected chi connectivity index (χ4v) is 8.86. The third-order valence-corrected chi connectivity index (χ3v) is 12.6. The van der Waals surface area contributed by atoms with Crippen molar-refractivity contribution in [3.63, 3.8) is 0 Å². The normalized spacial score (nSPS) is 30.7. The van der Waals surface area contributed by atoms with Gasteiger partial charge in [-0.1, -0.05) is 114 Å². The maximum Gasteiger partial charge on any atom is 0.472 e. The van der Waals surface area contributed by atoms with Crippen molar-refractivity contribution in [2.24, 2.45) is 11.8 Å². The first-order valence-electron chi connectivity index (χ1n) is 23.2. The highest BCUT2D eigenvalue weighted by atomic mass is 31.2. The molecule has 0 fully saturated rings. The molecule has 2 rings (SSSR count). The molecule has 65 heavy (non-hydrogen) atoms. The lowest BCUT2D eigenvalue weighted by atomic mass is 9.87. The molecular formula is C45H76O18P2. The molecule has 2 bridgehead atoms. The Hall–Kier alpha value is -2.41. The zero-order chi connectivity index (χ0) is 48.3. The zero-order valence-electron chi connectivity index (χ0n) is 38.0. The van der Waals surface area contributed by atoms with Gasteiger partial charge in [0.25, 0.3) is 0 Å². The number of hydrogen-bond donors (Lipinski definition) is 8. The molecule has 0 amide bonds. The molecule has 1 heterocycles. The van der Waals surface area contributed by atoms with Gasteiger partial charge < -0.3 is 49.7 Å². The third-order valence-electron chi connectivity index (χ3n) is 11.1. The van der Waals surface area contributed by atoms with Crippen LogP contribution in [-0.4, -0.2) is 120 Å². The van der Waals surface area contributed by atoms with Crippen molar-refractivity contribution >= 4 is 33.4 Å². The van der Waals surface area contributed by atoms with Gasteiger partial charge in [-0.3, -0.25) is 28.0 Å². The average Bonchev–Trinajstić information content (AvgIpc) is 3.25. The molecule has 11 atom stereocenters. The van der Waals surface area contributed by atoms with Crippen molar-refractivity contribution in [3.05, 3.63) is 48.6 Å². The van der Waals surface area contributed by atoms with Crippen LogP contribution in [0.4, 0.5) is 0 Å². The molecule has 1 unspecified atom stereocenters. The highest BCUT2D eigenvalue weighted by Crippen LogP contribution is 2.49. The van der Waals surface area contributed by atoms with Gasteiger partial charge in [-0.15, -0.1) is 0 Å². The highest BCUT2D eigenvalue weighted by Gasteiger charge is 2.50. The standard InChI is InChI=1S/C45H76O18P2/c1-3-5-7-8-9-10-11-12-13-14-15-16-21-25-38(48)59-31-35-32-60-65(57,58)63-45-43(53)42(52)40(50)33(23-20-17-18-22-26-39(49)61-35)27-30-37(47)36(29-28-34(46)24-19-6-4-2)41(51)44(45)62-64(54,55)56/h10-11,17,20,27-30,33-36,40-46,50-53H,3-9,12-16,18-19,21-26,31-32H2,1-2H3,(H,57,58)(H2,54,55,56)/b11-10-,20-17-,29-28+,30-27-/t33-,34-,35+,36-,40+,41+,42-,43+,44+,45-/m0/s1. The van der Waals surface area contributed by atoms with Crippen molar-refractivity contribution in [2.75, 3.05) is 13.2 Å². The number of ether oxygens (including phenoxy) is 2. The second-order valence-corrected chi connectivity index (χ2v) is 19.4. The fourth-order valence-electron chi connectivity index (χ4n) is 7.33. The van der Waals surface area contributed by atoms with Gasteiger partial charge >= 0.3 is 27.6 Å². The summed E-state index contributed by atoms with van der Waals surface area (Å²) in [5, 5.41) is 56.4. The Kier molecular flexibility index (Phi) is 29.2. The highest BCUT2D eigenvalue weighted by molar-refractivity contribution is 7.47. The lowest BCUT2D eigenvalue weighted by Crippen LogP contribution is -2.56. The van der Waals surface area contributed by atoms with E-state index in [2.05, 4.69) is 19.1 Å². The van der Waals surface area contributed by atoms with E-state index in [4.69, 9.17) is 23.0 Å². The van der Waals surface area contributed by atoms with Gasteiger partial charge in [0, 0.05) is 18.8 Å². The SMILES string of the molecule is CCCCCC/C=C\CCCCCCCC(=O)OC[C@@H]1COP(=O)(O)O[C@H]2[C@H](O)[C@@H](O)[C@H](O)[C@H](/C=C\C(=O)[C@H](/C=C/[C@@H](O)CCCCC)[C@@H](O)[C@H]2OP(=O)(O)O)C/C=C\CCCC(=O)O1. The number of carbonyl (C=O) groups excluding carboxylic acids is 3. The quantitative estimate of drug-likeness (QED) is 0.0248. The number of aliphatic hydroxyl groups excluding tert-OH is 5. The summed E-state index contributed by atoms with van der Waals surface area (Å²) in [4.78, 5) is 70.2. The maximum absolute atomic E-state index is 13.7. The van der Waals surface area contributed by atoms with E-state index < -0.39 is 107 Å². The molecule has 0 saturated heterocycles. The van der Waals surface area contributed by atoms with E-state index in [0.29, 0.717) is 19.3 Å². The number of phosphoric ester groups is 2. The number of unbranched alkanes of at least 4 members (excludes halogenated alkanes) is 11. The van der Waals surface area contributed by atoms with Crippen LogP contribution in [0.1, 0.15) is 142 Å². The Bertz CT molecular complexity index is 1600. The van der Waals surface area contributed by atoms with E-state index in [1.165, 1.54) is 37.8 Å². The largest absolute Gasteiger partial charge is 0.472 e. The molecule has 0 radical (unpaired) electrons. The summed E-state index contributed by atoms with van der Waals surface area (Å²) in [7, 11) is -11.4. The summed E-state index contributed by atoms with van der Waals surface area (Å²) in [6, 6.07) is 0. The van der Waals surface area contributed by atoms with Gasteiger partial charge in [0.15, 0.2) is 11.9 Å². The van der Waals surface area contributed by atoms with Crippen molar-refractivity contribution in [1.29, 1.82) is 0 Å². The number of fused-ring (bicyclic) bond motifs is 4. The Morgan fingerprint density at radius 3 is 2.22 bits per heavy atom. The number of phosphoric acid groups is 2. The van der Waals surface area contributed by atoms with Crippen LogP contribution in [0.15, 0.2) is 48.6 Å². The second kappa shape index (κ2) is 32.4. The molecule has 18 nitrogen and oxygen atoms in total. The second-order valence-electron chi connectivity index (χ2n) is 16.8. The molecule has 1 aliphatic heterocycles. The van der Waals surface area contributed by atoms with Crippen LogP contribution >= 0.6 is 15.6 Å². The summed E-state index contributed by atoms with van der Waals surface area (Å²) >= 11 is 0. The lowest BCUT2D eigenvalue weighted by Gasteiger charge is -2.38. The average molecular weight is 967 g/mol. The van der Waals surface area contributed by atoms with Gasteiger partial charge in [-0.2, -0.15) is 0 Å². The van der Waals surface area contributed by atoms with Gasteiger partial charge in [0.1, 0.15) is 31.0 Å². The molecule has 2 aliphatic rings. The van der Waals surface area contributed by atoms with Crippen LogP contribution < -0.4 is 0 Å². The van der Waals surface area contributed by atoms with Crippen LogP contribution in [0.5, 0.6) is 0 Å². The fraction of sp³-hybridized carbons (Fsp3) is 0.756. The Morgan fingerprint density at radius 2 is 1.54 bits per heavy atom. The van der Waals surface area contributed by atoms with Crippen LogP contribution in [-0.2, 0) is 46.6 Å². The molecule has 0 saturated carbocycles. The van der Waals surface area contributed by atoms with E-state index in [-0.39, 0.29) is 32.1 Å². The van der Waals surface area contributed by atoms with Crippen molar-refractivity contribution in [1.82, 2.24) is 0 Å². The molecular weight excluding hydrogens is 890 g/mol. The van der Waals surface area contributed by atoms with E-state index in [1.54, 1.807) is 12.2 Å². The first kappa shape index (κ1) is 58.7. The third kappa shape index (κ3) is 25.0. The minimum absolute atomic E-state index is 0.0526. The number of ketones is 1. The molecule has 0 aromatic carbocycles. The van der Waals surface area contributed by atoms with Gasteiger partial charge in [0.2, 0.25) is 0 Å². The summed E-state index contributed by atoms with van der Waals surface area (Å²) < 4.78 is 51.9. The van der Waals surface area contributed by atoms with Gasteiger partial charge in [-0.25, -0.2) is 9.13 Å². The van der Waals surface area contributed by atoms with Crippen LogP contribution in [0.3, 0.4) is 0 Å².